The molecule has 1 aliphatic rings. The second kappa shape index (κ2) is 8.67. The minimum Gasteiger partial charge on any atom is -0.489 e. The Morgan fingerprint density at radius 2 is 1.75 bits per heavy atom. The molecule has 0 aliphatic carbocycles. The van der Waals surface area contributed by atoms with Gasteiger partial charge < -0.3 is 14.4 Å². The van der Waals surface area contributed by atoms with Crippen molar-refractivity contribution in [1.29, 1.82) is 0 Å². The molecule has 1 heterocycles. The first kappa shape index (κ1) is 17.5. The molecule has 2 aromatic rings. The van der Waals surface area contributed by atoms with Gasteiger partial charge in [0, 0.05) is 38.1 Å². The molecule has 4 nitrogen and oxygen atoms in total. The predicted octanol–water partition coefficient (Wildman–Crippen LogP) is 3.14. The third-order valence-corrected chi connectivity index (χ3v) is 4.75. The van der Waals surface area contributed by atoms with E-state index in [0.717, 1.165) is 55.9 Å². The Labute approximate surface area is 148 Å². The van der Waals surface area contributed by atoms with E-state index < -0.39 is 0 Å². The Morgan fingerprint density at radius 3 is 2.58 bits per heavy atom. The zero-order valence-electron chi connectivity index (χ0n) is 14.2. The Balaban J connectivity index is 1.40. The van der Waals surface area contributed by atoms with Crippen molar-refractivity contribution in [2.45, 2.75) is 0 Å². The topological polar surface area (TPSA) is 24.9 Å². The van der Waals surface area contributed by atoms with Crippen LogP contribution in [0.4, 0.5) is 0 Å². The lowest BCUT2D eigenvalue weighted by Crippen LogP contribution is -2.45. The van der Waals surface area contributed by atoms with E-state index in [2.05, 4.69) is 22.9 Å². The molecule has 3 rings (SSSR count). The molecule has 0 amide bonds. The standard InChI is InChI=1S/C19H25ClN2O2/c1-21-8-10-22(11-9-21)12-13-23-14-15-24-19-17-5-3-2-4-16(17)6-7-18(19)20/h2-7H,8-15H2,1H3. The van der Waals surface area contributed by atoms with Crippen LogP contribution in [-0.2, 0) is 4.74 Å². The highest BCUT2D eigenvalue weighted by Gasteiger charge is 2.13. The van der Waals surface area contributed by atoms with Crippen LogP contribution < -0.4 is 4.74 Å². The van der Waals surface area contributed by atoms with Crippen LogP contribution in [0, 0.1) is 0 Å². The van der Waals surface area contributed by atoms with E-state index in [1.54, 1.807) is 0 Å². The molecule has 0 unspecified atom stereocenters. The molecule has 0 N–H and O–H groups in total. The van der Waals surface area contributed by atoms with Gasteiger partial charge in [-0.15, -0.1) is 0 Å². The van der Waals surface area contributed by atoms with Gasteiger partial charge in [-0.1, -0.05) is 41.9 Å². The maximum absolute atomic E-state index is 6.28. The lowest BCUT2D eigenvalue weighted by molar-refractivity contribution is 0.0661. The van der Waals surface area contributed by atoms with Gasteiger partial charge in [0.15, 0.2) is 0 Å². The highest BCUT2D eigenvalue weighted by Crippen LogP contribution is 2.33. The summed E-state index contributed by atoms with van der Waals surface area (Å²) in [7, 11) is 2.17. The molecule has 0 bridgehead atoms. The first-order valence-electron chi connectivity index (χ1n) is 8.53. The minimum absolute atomic E-state index is 0.510. The third-order valence-electron chi connectivity index (χ3n) is 4.45. The van der Waals surface area contributed by atoms with Crippen molar-refractivity contribution < 1.29 is 9.47 Å². The van der Waals surface area contributed by atoms with Crippen LogP contribution in [0.25, 0.3) is 10.8 Å². The summed E-state index contributed by atoms with van der Waals surface area (Å²) in [4.78, 5) is 4.81. The smallest absolute Gasteiger partial charge is 0.145 e. The maximum atomic E-state index is 6.28. The second-order valence-corrected chi connectivity index (χ2v) is 6.61. The van der Waals surface area contributed by atoms with Gasteiger partial charge >= 0.3 is 0 Å². The maximum Gasteiger partial charge on any atom is 0.145 e. The van der Waals surface area contributed by atoms with Crippen LogP contribution in [-0.4, -0.2) is 69.4 Å². The van der Waals surface area contributed by atoms with Crippen molar-refractivity contribution in [1.82, 2.24) is 9.80 Å². The van der Waals surface area contributed by atoms with Crippen molar-refractivity contribution in [3.05, 3.63) is 41.4 Å². The normalized spacial score (nSPS) is 16.6. The average Bonchev–Trinajstić information content (AvgIpc) is 2.61. The van der Waals surface area contributed by atoms with E-state index in [0.29, 0.717) is 18.2 Å². The molecule has 0 radical (unpaired) electrons. The van der Waals surface area contributed by atoms with Gasteiger partial charge in [0.25, 0.3) is 0 Å². The number of halogens is 1. The SMILES string of the molecule is CN1CCN(CCOCCOc2c(Cl)ccc3ccccc23)CC1. The van der Waals surface area contributed by atoms with Crippen molar-refractivity contribution in [2.75, 3.05) is 59.6 Å². The Bertz CT molecular complexity index is 657. The number of likely N-dealkylation sites (N-methyl/N-ethyl adjacent to an activating group) is 1. The minimum atomic E-state index is 0.510. The number of rotatable bonds is 7. The third kappa shape index (κ3) is 4.61. The molecule has 0 aromatic heterocycles. The Hall–Kier alpha value is -1.33. The molecule has 2 aromatic carbocycles. The lowest BCUT2D eigenvalue weighted by Gasteiger charge is -2.32. The number of hydrogen-bond donors (Lipinski definition) is 0. The van der Waals surface area contributed by atoms with E-state index in [9.17, 15) is 0 Å². The van der Waals surface area contributed by atoms with Gasteiger partial charge in [0.1, 0.15) is 12.4 Å². The van der Waals surface area contributed by atoms with E-state index in [1.165, 1.54) is 0 Å². The fourth-order valence-electron chi connectivity index (χ4n) is 2.93. The molecule has 1 fully saturated rings. The number of piperazine rings is 1. The summed E-state index contributed by atoms with van der Waals surface area (Å²) in [6, 6.07) is 12.0. The van der Waals surface area contributed by atoms with Crippen LogP contribution in [0.3, 0.4) is 0 Å². The summed E-state index contributed by atoms with van der Waals surface area (Å²) in [6.07, 6.45) is 0. The van der Waals surface area contributed by atoms with Gasteiger partial charge in [-0.3, -0.25) is 4.90 Å². The highest BCUT2D eigenvalue weighted by molar-refractivity contribution is 6.33. The quantitative estimate of drug-likeness (QED) is 0.718. The molecular weight excluding hydrogens is 324 g/mol. The summed E-state index contributed by atoms with van der Waals surface area (Å²) in [6.45, 7) is 7.36. The largest absolute Gasteiger partial charge is 0.489 e. The van der Waals surface area contributed by atoms with Crippen molar-refractivity contribution in [3.63, 3.8) is 0 Å². The molecule has 5 heteroatoms. The van der Waals surface area contributed by atoms with Gasteiger partial charge in [0.05, 0.1) is 18.2 Å². The van der Waals surface area contributed by atoms with Crippen LogP contribution in [0.1, 0.15) is 0 Å². The van der Waals surface area contributed by atoms with Crippen molar-refractivity contribution in [2.24, 2.45) is 0 Å². The summed E-state index contributed by atoms with van der Waals surface area (Å²) in [5, 5.41) is 2.82. The molecule has 24 heavy (non-hydrogen) atoms. The number of nitrogens with zero attached hydrogens (tertiary/aromatic N) is 2. The number of ether oxygens (including phenoxy) is 2. The van der Waals surface area contributed by atoms with E-state index >= 15 is 0 Å². The zero-order chi connectivity index (χ0) is 16.8. The Kier molecular flexibility index (Phi) is 6.32. The first-order chi connectivity index (χ1) is 11.7. The fourth-order valence-corrected chi connectivity index (χ4v) is 3.15. The monoisotopic (exact) mass is 348 g/mol. The van der Waals surface area contributed by atoms with Gasteiger partial charge in [-0.2, -0.15) is 0 Å². The van der Waals surface area contributed by atoms with E-state index in [4.69, 9.17) is 21.1 Å². The highest BCUT2D eigenvalue weighted by atomic mass is 35.5. The van der Waals surface area contributed by atoms with Crippen LogP contribution in [0.5, 0.6) is 5.75 Å². The van der Waals surface area contributed by atoms with Crippen molar-refractivity contribution >= 4 is 22.4 Å². The van der Waals surface area contributed by atoms with Crippen LogP contribution >= 0.6 is 11.6 Å². The number of hydrogen-bond acceptors (Lipinski definition) is 4. The Morgan fingerprint density at radius 1 is 0.958 bits per heavy atom. The van der Waals surface area contributed by atoms with E-state index in [1.807, 2.05) is 30.3 Å². The van der Waals surface area contributed by atoms with Gasteiger partial charge in [-0.05, 0) is 18.5 Å². The second-order valence-electron chi connectivity index (χ2n) is 6.20. The summed E-state index contributed by atoms with van der Waals surface area (Å²) >= 11 is 6.28. The fraction of sp³-hybridized carbons (Fsp3) is 0.474. The summed E-state index contributed by atoms with van der Waals surface area (Å²) in [5.41, 5.74) is 0. The van der Waals surface area contributed by atoms with Crippen molar-refractivity contribution in [3.8, 4) is 5.75 Å². The van der Waals surface area contributed by atoms with Crippen LogP contribution in [0.15, 0.2) is 36.4 Å². The molecular formula is C19H25ClN2O2. The predicted molar refractivity (Wildman–Crippen MR) is 99.2 cm³/mol. The molecule has 130 valence electrons. The molecule has 1 aliphatic heterocycles. The molecule has 0 atom stereocenters. The number of benzene rings is 2. The van der Waals surface area contributed by atoms with E-state index in [-0.39, 0.29) is 0 Å². The molecule has 1 saturated heterocycles. The van der Waals surface area contributed by atoms with Crippen LogP contribution in [0.2, 0.25) is 5.02 Å². The number of fused-ring (bicyclic) bond motifs is 1. The average molecular weight is 349 g/mol. The lowest BCUT2D eigenvalue weighted by atomic mass is 10.1. The van der Waals surface area contributed by atoms with Gasteiger partial charge in [0.2, 0.25) is 0 Å². The van der Waals surface area contributed by atoms with Gasteiger partial charge in [-0.25, -0.2) is 0 Å². The molecule has 0 saturated carbocycles. The first-order valence-corrected chi connectivity index (χ1v) is 8.90. The summed E-state index contributed by atoms with van der Waals surface area (Å²) < 4.78 is 11.6. The molecule has 0 spiro atoms. The summed E-state index contributed by atoms with van der Waals surface area (Å²) in [5.74, 6) is 0.748. The zero-order valence-corrected chi connectivity index (χ0v) is 15.0.